The molecule has 0 saturated carbocycles. The van der Waals surface area contributed by atoms with Crippen molar-refractivity contribution in [1.29, 1.82) is 0 Å². The molecule has 0 spiro atoms. The van der Waals surface area contributed by atoms with Gasteiger partial charge in [0, 0.05) is 17.1 Å². The predicted octanol–water partition coefficient (Wildman–Crippen LogP) is 3.19. The molecule has 5 heteroatoms. The second kappa shape index (κ2) is 9.96. The monoisotopic (exact) mass is 346 g/mol. The van der Waals surface area contributed by atoms with Gasteiger partial charge in [-0.1, -0.05) is 41.9 Å². The second-order valence-electron chi connectivity index (χ2n) is 5.51. The van der Waals surface area contributed by atoms with Gasteiger partial charge in [-0.25, -0.2) is 0 Å². The number of nitrogens with one attached hydrogen (secondary N) is 2. The van der Waals surface area contributed by atoms with E-state index >= 15 is 0 Å². The maximum Gasteiger partial charge on any atom is 0.224 e. The summed E-state index contributed by atoms with van der Waals surface area (Å²) in [6.45, 7) is 1.98. The number of hydrogen-bond donors (Lipinski definition) is 2. The Kier molecular flexibility index (Phi) is 7.59. The van der Waals surface area contributed by atoms with Gasteiger partial charge in [0.05, 0.1) is 6.42 Å². The molecule has 2 rings (SSSR count). The Bertz CT molecular complexity index is 661. The molecule has 0 aliphatic carbocycles. The van der Waals surface area contributed by atoms with E-state index in [9.17, 15) is 4.79 Å². The van der Waals surface area contributed by atoms with Crippen molar-refractivity contribution in [1.82, 2.24) is 10.6 Å². The summed E-state index contributed by atoms with van der Waals surface area (Å²) >= 11 is 6.12. The molecule has 0 fully saturated rings. The molecular formula is C19H23ClN2O2. The van der Waals surface area contributed by atoms with Gasteiger partial charge in [-0.15, -0.1) is 0 Å². The van der Waals surface area contributed by atoms with E-state index in [2.05, 4.69) is 10.6 Å². The van der Waals surface area contributed by atoms with E-state index in [0.29, 0.717) is 24.6 Å². The van der Waals surface area contributed by atoms with Crippen LogP contribution in [0.15, 0.2) is 48.5 Å². The first-order valence-corrected chi connectivity index (χ1v) is 8.43. The van der Waals surface area contributed by atoms with Crippen LogP contribution in [0.5, 0.6) is 5.75 Å². The summed E-state index contributed by atoms with van der Waals surface area (Å²) in [5.41, 5.74) is 1.87. The highest BCUT2D eigenvalue weighted by atomic mass is 35.5. The molecule has 0 atom stereocenters. The van der Waals surface area contributed by atoms with Gasteiger partial charge >= 0.3 is 0 Å². The smallest absolute Gasteiger partial charge is 0.224 e. The first kappa shape index (κ1) is 18.3. The minimum atomic E-state index is 0.0226. The fourth-order valence-corrected chi connectivity index (χ4v) is 2.45. The maximum atomic E-state index is 11.9. The van der Waals surface area contributed by atoms with Crippen molar-refractivity contribution in [2.45, 2.75) is 19.4 Å². The lowest BCUT2D eigenvalue weighted by atomic mass is 10.1. The lowest BCUT2D eigenvalue weighted by Crippen LogP contribution is -2.27. The first-order chi connectivity index (χ1) is 11.7. The van der Waals surface area contributed by atoms with Gasteiger partial charge in [0.25, 0.3) is 0 Å². The Morgan fingerprint density at radius 3 is 2.75 bits per heavy atom. The zero-order valence-corrected chi connectivity index (χ0v) is 14.6. The molecule has 0 heterocycles. The number of amides is 1. The second-order valence-corrected chi connectivity index (χ2v) is 5.92. The predicted molar refractivity (Wildman–Crippen MR) is 97.5 cm³/mol. The van der Waals surface area contributed by atoms with Crippen LogP contribution in [0.2, 0.25) is 5.02 Å². The van der Waals surface area contributed by atoms with Crippen LogP contribution in [-0.4, -0.2) is 26.0 Å². The number of rotatable bonds is 9. The minimum absolute atomic E-state index is 0.0226. The van der Waals surface area contributed by atoms with E-state index in [1.165, 1.54) is 0 Å². The fraction of sp³-hybridized carbons (Fsp3) is 0.316. The summed E-state index contributed by atoms with van der Waals surface area (Å²) in [7, 11) is 1.90. The summed E-state index contributed by atoms with van der Waals surface area (Å²) in [4.78, 5) is 11.9. The van der Waals surface area contributed by atoms with Gasteiger partial charge in [0.1, 0.15) is 12.4 Å². The summed E-state index contributed by atoms with van der Waals surface area (Å²) < 4.78 is 5.78. The highest BCUT2D eigenvalue weighted by molar-refractivity contribution is 6.31. The molecular weight excluding hydrogens is 324 g/mol. The molecule has 1 amide bonds. The van der Waals surface area contributed by atoms with Crippen LogP contribution >= 0.6 is 11.6 Å². The largest absolute Gasteiger partial charge is 0.489 e. The number of ether oxygens (including phenoxy) is 1. The van der Waals surface area contributed by atoms with Crippen molar-refractivity contribution in [3.8, 4) is 5.75 Å². The summed E-state index contributed by atoms with van der Waals surface area (Å²) in [6, 6.07) is 15.2. The van der Waals surface area contributed by atoms with E-state index in [0.717, 1.165) is 29.8 Å². The van der Waals surface area contributed by atoms with Crippen LogP contribution in [0, 0.1) is 0 Å². The van der Waals surface area contributed by atoms with Crippen molar-refractivity contribution < 1.29 is 9.53 Å². The van der Waals surface area contributed by atoms with Gasteiger partial charge in [-0.3, -0.25) is 4.79 Å². The average Bonchev–Trinajstić information content (AvgIpc) is 2.58. The molecule has 0 saturated heterocycles. The Hall–Kier alpha value is -2.04. The third-order valence-corrected chi connectivity index (χ3v) is 3.91. The maximum absolute atomic E-state index is 11.9. The lowest BCUT2D eigenvalue weighted by Gasteiger charge is -2.09. The molecule has 0 unspecified atom stereocenters. The van der Waals surface area contributed by atoms with Crippen LogP contribution in [0.3, 0.4) is 0 Å². The third kappa shape index (κ3) is 6.22. The molecule has 0 aromatic heterocycles. The molecule has 2 N–H and O–H groups in total. The van der Waals surface area contributed by atoms with Gasteiger partial charge in [0.15, 0.2) is 0 Å². The van der Waals surface area contributed by atoms with Crippen LogP contribution < -0.4 is 15.4 Å². The molecule has 128 valence electrons. The van der Waals surface area contributed by atoms with Crippen LogP contribution in [-0.2, 0) is 17.8 Å². The molecule has 0 bridgehead atoms. The van der Waals surface area contributed by atoms with Crippen molar-refractivity contribution in [2.24, 2.45) is 0 Å². The Morgan fingerprint density at radius 1 is 1.12 bits per heavy atom. The molecule has 0 radical (unpaired) electrons. The highest BCUT2D eigenvalue weighted by Gasteiger charge is 2.05. The van der Waals surface area contributed by atoms with Crippen molar-refractivity contribution >= 4 is 17.5 Å². The Labute approximate surface area is 148 Å². The average molecular weight is 347 g/mol. The summed E-state index contributed by atoms with van der Waals surface area (Å²) in [6.07, 6.45) is 1.27. The number of hydrogen-bond acceptors (Lipinski definition) is 3. The normalized spacial score (nSPS) is 10.4. The van der Waals surface area contributed by atoms with Gasteiger partial charge in [-0.05, 0) is 43.8 Å². The zero-order valence-electron chi connectivity index (χ0n) is 13.8. The fourth-order valence-electron chi connectivity index (χ4n) is 2.26. The minimum Gasteiger partial charge on any atom is -0.489 e. The van der Waals surface area contributed by atoms with E-state index in [1.54, 1.807) is 0 Å². The van der Waals surface area contributed by atoms with E-state index in [4.69, 9.17) is 16.3 Å². The number of halogens is 1. The summed E-state index contributed by atoms with van der Waals surface area (Å²) in [5.74, 6) is 0.754. The van der Waals surface area contributed by atoms with Crippen LogP contribution in [0.4, 0.5) is 0 Å². The zero-order chi connectivity index (χ0) is 17.2. The quantitative estimate of drug-likeness (QED) is 0.686. The molecule has 0 aliphatic heterocycles. The molecule has 2 aromatic rings. The van der Waals surface area contributed by atoms with Gasteiger partial charge < -0.3 is 15.4 Å². The molecule has 2 aromatic carbocycles. The van der Waals surface area contributed by atoms with Crippen LogP contribution in [0.25, 0.3) is 0 Å². The molecule has 4 nitrogen and oxygen atoms in total. The number of benzene rings is 2. The topological polar surface area (TPSA) is 50.4 Å². The van der Waals surface area contributed by atoms with E-state index < -0.39 is 0 Å². The van der Waals surface area contributed by atoms with Crippen molar-refractivity contribution in [3.05, 3.63) is 64.7 Å². The molecule has 0 aliphatic rings. The van der Waals surface area contributed by atoms with Gasteiger partial charge in [0.2, 0.25) is 5.91 Å². The van der Waals surface area contributed by atoms with Crippen molar-refractivity contribution in [2.75, 3.05) is 20.1 Å². The summed E-state index contributed by atoms with van der Waals surface area (Å²) in [5, 5.41) is 6.66. The third-order valence-electron chi connectivity index (χ3n) is 3.54. The van der Waals surface area contributed by atoms with Crippen LogP contribution in [0.1, 0.15) is 17.5 Å². The van der Waals surface area contributed by atoms with E-state index in [1.807, 2.05) is 55.6 Å². The molecule has 24 heavy (non-hydrogen) atoms. The van der Waals surface area contributed by atoms with E-state index in [-0.39, 0.29) is 5.91 Å². The lowest BCUT2D eigenvalue weighted by molar-refractivity contribution is -0.120. The number of carbonyl (C=O) groups is 1. The Morgan fingerprint density at radius 2 is 1.96 bits per heavy atom. The first-order valence-electron chi connectivity index (χ1n) is 8.05. The number of carbonyl (C=O) groups excluding carboxylic acids is 1. The standard InChI is InChI=1S/C19H23ClN2O2/c1-21-10-5-11-22-19(23)13-15-6-4-8-17(12-15)24-14-16-7-2-3-9-18(16)20/h2-4,6-9,12,21H,5,10-11,13-14H2,1H3,(H,22,23). The highest BCUT2D eigenvalue weighted by Crippen LogP contribution is 2.19. The SMILES string of the molecule is CNCCCNC(=O)Cc1cccc(OCc2ccccc2Cl)c1. The van der Waals surface area contributed by atoms with Crippen molar-refractivity contribution in [3.63, 3.8) is 0 Å². The Balaban J connectivity index is 1.85. The van der Waals surface area contributed by atoms with Gasteiger partial charge in [-0.2, -0.15) is 0 Å².